The van der Waals surface area contributed by atoms with Gasteiger partial charge in [-0.25, -0.2) is 0 Å². The molecule has 0 amide bonds. The number of nitrogens with zero attached hydrogens (tertiary/aromatic N) is 3. The summed E-state index contributed by atoms with van der Waals surface area (Å²) in [7, 11) is 0. The Balaban J connectivity index is 2.04. The molecule has 1 aliphatic rings. The van der Waals surface area contributed by atoms with Crippen LogP contribution in [0, 0.1) is 5.92 Å². The van der Waals surface area contributed by atoms with Crippen molar-refractivity contribution in [1.29, 1.82) is 0 Å². The number of fused-ring (bicyclic) bond motifs is 1. The van der Waals surface area contributed by atoms with Crippen LogP contribution in [-0.2, 0) is 0 Å². The van der Waals surface area contributed by atoms with Crippen molar-refractivity contribution in [3.05, 3.63) is 29.0 Å². The van der Waals surface area contributed by atoms with E-state index in [1.165, 1.54) is 24.9 Å². The lowest BCUT2D eigenvalue weighted by Crippen LogP contribution is -2.40. The van der Waals surface area contributed by atoms with Crippen LogP contribution >= 0.6 is 15.9 Å². The first-order valence-corrected chi connectivity index (χ1v) is 8.41. The van der Waals surface area contributed by atoms with Crippen LogP contribution < -0.4 is 10.6 Å². The van der Waals surface area contributed by atoms with E-state index in [0.717, 1.165) is 28.6 Å². The molecular weight excluding hydrogens is 328 g/mol. The number of halogens is 1. The van der Waals surface area contributed by atoms with Gasteiger partial charge in [0.15, 0.2) is 0 Å². The van der Waals surface area contributed by atoms with Gasteiger partial charge < -0.3 is 10.6 Å². The van der Waals surface area contributed by atoms with Gasteiger partial charge in [0.2, 0.25) is 0 Å². The monoisotopic (exact) mass is 348 g/mol. The van der Waals surface area contributed by atoms with Gasteiger partial charge in [-0.3, -0.25) is 9.97 Å². The molecule has 2 N–H and O–H groups in total. The van der Waals surface area contributed by atoms with Crippen LogP contribution in [-0.4, -0.2) is 29.1 Å². The molecule has 1 saturated carbocycles. The second-order valence-electron chi connectivity index (χ2n) is 5.63. The van der Waals surface area contributed by atoms with Crippen LogP contribution in [0.15, 0.2) is 29.0 Å². The zero-order valence-electron chi connectivity index (χ0n) is 12.3. The van der Waals surface area contributed by atoms with Gasteiger partial charge in [-0.05, 0) is 60.3 Å². The van der Waals surface area contributed by atoms with E-state index in [-0.39, 0.29) is 0 Å². The number of rotatable bonds is 4. The maximum absolute atomic E-state index is 5.97. The Hall–Kier alpha value is -1.20. The highest BCUT2D eigenvalue weighted by Gasteiger charge is 2.31. The topological polar surface area (TPSA) is 55.0 Å². The average molecular weight is 349 g/mol. The molecule has 0 aromatic carbocycles. The van der Waals surface area contributed by atoms with Crippen molar-refractivity contribution in [2.24, 2.45) is 11.7 Å². The molecule has 1 aliphatic carbocycles. The number of aromatic nitrogens is 2. The maximum atomic E-state index is 5.97. The SMILES string of the molecule is CCN(c1ccnc2cc(Br)cnc12)C1CCCC1CN. The number of pyridine rings is 2. The van der Waals surface area contributed by atoms with Crippen LogP contribution in [0.1, 0.15) is 26.2 Å². The normalized spacial score (nSPS) is 21.9. The fraction of sp³-hybridized carbons (Fsp3) is 0.500. The lowest BCUT2D eigenvalue weighted by Gasteiger charge is -2.34. The third-order valence-electron chi connectivity index (χ3n) is 4.50. The molecule has 5 heteroatoms. The second-order valence-corrected chi connectivity index (χ2v) is 6.55. The molecule has 0 aliphatic heterocycles. The average Bonchev–Trinajstić information content (AvgIpc) is 2.96. The van der Waals surface area contributed by atoms with Gasteiger partial charge in [-0.15, -0.1) is 0 Å². The quantitative estimate of drug-likeness (QED) is 0.920. The van der Waals surface area contributed by atoms with Gasteiger partial charge in [0.05, 0.1) is 11.2 Å². The summed E-state index contributed by atoms with van der Waals surface area (Å²) in [6, 6.07) is 4.63. The minimum Gasteiger partial charge on any atom is -0.367 e. The summed E-state index contributed by atoms with van der Waals surface area (Å²) in [5.74, 6) is 0.587. The first-order valence-electron chi connectivity index (χ1n) is 7.61. The van der Waals surface area contributed by atoms with Gasteiger partial charge in [-0.2, -0.15) is 0 Å². The zero-order chi connectivity index (χ0) is 14.8. The smallest absolute Gasteiger partial charge is 0.112 e. The molecule has 2 unspecified atom stereocenters. The Morgan fingerprint density at radius 2 is 2.24 bits per heavy atom. The van der Waals surface area contributed by atoms with Crippen LogP contribution in [0.4, 0.5) is 5.69 Å². The van der Waals surface area contributed by atoms with Crippen molar-refractivity contribution in [2.75, 3.05) is 18.0 Å². The third kappa shape index (κ3) is 2.77. The lowest BCUT2D eigenvalue weighted by molar-refractivity contribution is 0.462. The summed E-state index contributed by atoms with van der Waals surface area (Å²) in [6.07, 6.45) is 7.44. The van der Waals surface area contributed by atoms with Crippen LogP contribution in [0.2, 0.25) is 0 Å². The fourth-order valence-electron chi connectivity index (χ4n) is 3.51. The number of hydrogen-bond acceptors (Lipinski definition) is 4. The van der Waals surface area contributed by atoms with Crippen molar-refractivity contribution in [3.63, 3.8) is 0 Å². The first-order chi connectivity index (χ1) is 10.2. The summed E-state index contributed by atoms with van der Waals surface area (Å²) in [4.78, 5) is 11.5. The van der Waals surface area contributed by atoms with Gasteiger partial charge in [0.25, 0.3) is 0 Å². The molecule has 2 atom stereocenters. The van der Waals surface area contributed by atoms with E-state index in [1.54, 1.807) is 0 Å². The summed E-state index contributed by atoms with van der Waals surface area (Å²) >= 11 is 3.47. The van der Waals surface area contributed by atoms with Crippen molar-refractivity contribution < 1.29 is 0 Å². The number of hydrogen-bond donors (Lipinski definition) is 1. The predicted octanol–water partition coefficient (Wildman–Crippen LogP) is 3.35. The molecule has 4 nitrogen and oxygen atoms in total. The first kappa shape index (κ1) is 14.7. The molecule has 0 bridgehead atoms. The maximum Gasteiger partial charge on any atom is 0.112 e. The highest BCUT2D eigenvalue weighted by molar-refractivity contribution is 9.10. The van der Waals surface area contributed by atoms with E-state index in [4.69, 9.17) is 5.73 Å². The molecule has 0 radical (unpaired) electrons. The number of anilines is 1. The molecule has 3 rings (SSSR count). The zero-order valence-corrected chi connectivity index (χ0v) is 13.9. The molecule has 0 saturated heterocycles. The van der Waals surface area contributed by atoms with Crippen molar-refractivity contribution in [3.8, 4) is 0 Å². The third-order valence-corrected chi connectivity index (χ3v) is 4.93. The van der Waals surface area contributed by atoms with Gasteiger partial charge >= 0.3 is 0 Å². The van der Waals surface area contributed by atoms with Crippen molar-refractivity contribution in [2.45, 2.75) is 32.2 Å². The molecule has 1 fully saturated rings. The summed E-state index contributed by atoms with van der Waals surface area (Å²) < 4.78 is 0.961. The summed E-state index contributed by atoms with van der Waals surface area (Å²) in [5, 5.41) is 0. The van der Waals surface area contributed by atoms with E-state index >= 15 is 0 Å². The lowest BCUT2D eigenvalue weighted by atomic mass is 10.0. The second kappa shape index (κ2) is 6.28. The van der Waals surface area contributed by atoms with E-state index in [9.17, 15) is 0 Å². The van der Waals surface area contributed by atoms with Crippen molar-refractivity contribution in [1.82, 2.24) is 9.97 Å². The molecule has 2 aromatic rings. The van der Waals surface area contributed by atoms with E-state index in [0.29, 0.717) is 12.0 Å². The van der Waals surface area contributed by atoms with Crippen LogP contribution in [0.25, 0.3) is 11.0 Å². The Morgan fingerprint density at radius 3 is 3.00 bits per heavy atom. The minimum atomic E-state index is 0.524. The molecule has 2 heterocycles. The molecule has 21 heavy (non-hydrogen) atoms. The summed E-state index contributed by atoms with van der Waals surface area (Å²) in [5.41, 5.74) is 9.06. The van der Waals surface area contributed by atoms with E-state index in [2.05, 4.69) is 43.8 Å². The Labute approximate surface area is 133 Å². The molecule has 112 valence electrons. The largest absolute Gasteiger partial charge is 0.367 e. The van der Waals surface area contributed by atoms with Crippen LogP contribution in [0.3, 0.4) is 0 Å². The Kier molecular flexibility index (Phi) is 4.40. The van der Waals surface area contributed by atoms with E-state index in [1.807, 2.05) is 18.5 Å². The van der Waals surface area contributed by atoms with E-state index < -0.39 is 0 Å². The highest BCUT2D eigenvalue weighted by Crippen LogP contribution is 2.34. The van der Waals surface area contributed by atoms with Gasteiger partial charge in [0.1, 0.15) is 5.52 Å². The standard InChI is InChI=1S/C16H21BrN4/c1-2-21(14-5-3-4-11(14)9-18)15-6-7-19-13-8-12(17)10-20-16(13)15/h6-8,10-11,14H,2-5,9,18H2,1H3. The predicted molar refractivity (Wildman–Crippen MR) is 90.4 cm³/mol. The summed E-state index contributed by atoms with van der Waals surface area (Å²) in [6.45, 7) is 3.94. The molecule has 0 spiro atoms. The van der Waals surface area contributed by atoms with Gasteiger partial charge in [-0.1, -0.05) is 6.42 Å². The fourth-order valence-corrected chi connectivity index (χ4v) is 3.83. The number of nitrogens with two attached hydrogens (primary N) is 1. The van der Waals surface area contributed by atoms with Gasteiger partial charge in [0, 0.05) is 29.5 Å². The Morgan fingerprint density at radius 1 is 1.38 bits per heavy atom. The molecular formula is C16H21BrN4. The highest BCUT2D eigenvalue weighted by atomic mass is 79.9. The molecule has 2 aromatic heterocycles. The Bertz CT molecular complexity index is 631. The minimum absolute atomic E-state index is 0.524. The van der Waals surface area contributed by atoms with Crippen molar-refractivity contribution >= 4 is 32.7 Å². The van der Waals surface area contributed by atoms with Crippen LogP contribution in [0.5, 0.6) is 0 Å².